The smallest absolute Gasteiger partial charge is 0.255 e. The number of aryl methyl sites for hydroxylation is 1. The summed E-state index contributed by atoms with van der Waals surface area (Å²) in [6.45, 7) is 6.78. The molecule has 0 spiro atoms. The molecule has 1 saturated heterocycles. The average Bonchev–Trinajstić information content (AvgIpc) is 3.16. The maximum absolute atomic E-state index is 13.0. The summed E-state index contributed by atoms with van der Waals surface area (Å²) in [5.74, 6) is 0.741. The fourth-order valence-corrected chi connectivity index (χ4v) is 5.33. The second-order valence-electron chi connectivity index (χ2n) is 8.58. The van der Waals surface area contributed by atoms with Gasteiger partial charge in [-0.15, -0.1) is 11.8 Å². The van der Waals surface area contributed by atoms with Gasteiger partial charge in [-0.2, -0.15) is 0 Å². The predicted octanol–water partition coefficient (Wildman–Crippen LogP) is 6.80. The highest BCUT2D eigenvalue weighted by Crippen LogP contribution is 2.39. The summed E-state index contributed by atoms with van der Waals surface area (Å²) in [5, 5.41) is 3.70. The fraction of sp³-hybridized carbons (Fsp3) is 0.259. The molecule has 1 N–H and O–H groups in total. The van der Waals surface area contributed by atoms with Crippen LogP contribution in [0.3, 0.4) is 0 Å². The first kappa shape index (κ1) is 23.4. The zero-order valence-electron chi connectivity index (χ0n) is 19.0. The van der Waals surface area contributed by atoms with E-state index in [2.05, 4.69) is 25.2 Å². The Labute approximate surface area is 204 Å². The van der Waals surface area contributed by atoms with Crippen molar-refractivity contribution in [1.82, 2.24) is 4.90 Å². The van der Waals surface area contributed by atoms with E-state index in [1.807, 2.05) is 72.5 Å². The number of thioether (sulfide) groups is 1. The number of para-hydroxylation sites is 1. The van der Waals surface area contributed by atoms with Gasteiger partial charge in [-0.1, -0.05) is 67.9 Å². The SMILES string of the molecule is Cc1cccc(C(C)C)c1NC(=O)c1ccc([C@H]2SCC(=O)N2Cc2ccc(Cl)cc2)cc1. The molecule has 0 radical (unpaired) electrons. The van der Waals surface area contributed by atoms with Crippen molar-refractivity contribution in [3.8, 4) is 0 Å². The number of anilines is 1. The summed E-state index contributed by atoms with van der Waals surface area (Å²) in [5.41, 5.74) is 5.69. The van der Waals surface area contributed by atoms with E-state index in [4.69, 9.17) is 11.6 Å². The maximum Gasteiger partial charge on any atom is 0.255 e. The Morgan fingerprint density at radius 3 is 2.45 bits per heavy atom. The van der Waals surface area contributed by atoms with E-state index in [-0.39, 0.29) is 17.2 Å². The third-order valence-electron chi connectivity index (χ3n) is 5.86. The van der Waals surface area contributed by atoms with Gasteiger partial charge in [0.15, 0.2) is 0 Å². The molecule has 1 heterocycles. The van der Waals surface area contributed by atoms with Crippen molar-refractivity contribution in [2.75, 3.05) is 11.1 Å². The first-order valence-electron chi connectivity index (χ1n) is 11.0. The second kappa shape index (κ2) is 10.0. The number of carbonyl (C=O) groups excluding carboxylic acids is 2. The number of halogens is 1. The summed E-state index contributed by atoms with van der Waals surface area (Å²) in [7, 11) is 0. The standard InChI is InChI=1S/C27H27ClN2O2S/c1-17(2)23-6-4-5-18(3)25(23)29-26(32)20-9-11-21(12-10-20)27-30(24(31)16-33-27)15-19-7-13-22(28)14-8-19/h4-14,17,27H,15-16H2,1-3H3,(H,29,32)/t27-/m1/s1. The first-order chi connectivity index (χ1) is 15.8. The van der Waals surface area contributed by atoms with Crippen LogP contribution in [0.2, 0.25) is 5.02 Å². The zero-order chi connectivity index (χ0) is 23.5. The van der Waals surface area contributed by atoms with Crippen LogP contribution in [-0.4, -0.2) is 22.5 Å². The van der Waals surface area contributed by atoms with E-state index in [0.29, 0.717) is 28.8 Å². The Balaban J connectivity index is 1.50. The molecule has 4 rings (SSSR count). The molecular weight excluding hydrogens is 452 g/mol. The molecule has 0 aromatic heterocycles. The molecule has 6 heteroatoms. The number of carbonyl (C=O) groups is 2. The first-order valence-corrected chi connectivity index (χ1v) is 12.4. The number of benzene rings is 3. The van der Waals surface area contributed by atoms with Crippen LogP contribution >= 0.6 is 23.4 Å². The van der Waals surface area contributed by atoms with E-state index in [0.717, 1.165) is 27.9 Å². The highest BCUT2D eigenvalue weighted by Gasteiger charge is 2.32. The van der Waals surface area contributed by atoms with Gasteiger partial charge in [0, 0.05) is 22.8 Å². The molecule has 3 aromatic rings. The van der Waals surface area contributed by atoms with Gasteiger partial charge in [0.05, 0.1) is 5.75 Å². The summed E-state index contributed by atoms with van der Waals surface area (Å²) < 4.78 is 0. The molecule has 1 fully saturated rings. The van der Waals surface area contributed by atoms with Crippen LogP contribution in [-0.2, 0) is 11.3 Å². The Hall–Kier alpha value is -2.76. The van der Waals surface area contributed by atoms with Gasteiger partial charge in [-0.25, -0.2) is 0 Å². The van der Waals surface area contributed by atoms with Gasteiger partial charge in [-0.3, -0.25) is 9.59 Å². The fourth-order valence-electron chi connectivity index (χ4n) is 4.01. The van der Waals surface area contributed by atoms with Gasteiger partial charge in [-0.05, 0) is 59.4 Å². The lowest BCUT2D eigenvalue weighted by Crippen LogP contribution is -2.27. The van der Waals surface area contributed by atoms with Crippen LogP contribution in [0.5, 0.6) is 0 Å². The summed E-state index contributed by atoms with van der Waals surface area (Å²) in [4.78, 5) is 27.4. The molecule has 170 valence electrons. The van der Waals surface area contributed by atoms with Gasteiger partial charge in [0.2, 0.25) is 5.91 Å². The minimum Gasteiger partial charge on any atom is -0.322 e. The normalized spacial score (nSPS) is 15.8. The minimum absolute atomic E-state index is 0.0748. The van der Waals surface area contributed by atoms with Crippen molar-refractivity contribution < 1.29 is 9.59 Å². The third-order valence-corrected chi connectivity index (χ3v) is 7.37. The predicted molar refractivity (Wildman–Crippen MR) is 137 cm³/mol. The molecule has 33 heavy (non-hydrogen) atoms. The Morgan fingerprint density at radius 2 is 1.79 bits per heavy atom. The van der Waals surface area contributed by atoms with E-state index < -0.39 is 0 Å². The maximum atomic E-state index is 13.0. The Bertz CT molecular complexity index is 1160. The van der Waals surface area contributed by atoms with Crippen molar-refractivity contribution in [2.45, 2.75) is 38.6 Å². The number of hydrogen-bond acceptors (Lipinski definition) is 3. The lowest BCUT2D eigenvalue weighted by Gasteiger charge is -2.24. The lowest BCUT2D eigenvalue weighted by atomic mass is 9.98. The highest BCUT2D eigenvalue weighted by molar-refractivity contribution is 8.00. The van der Waals surface area contributed by atoms with Crippen LogP contribution < -0.4 is 5.32 Å². The summed E-state index contributed by atoms with van der Waals surface area (Å²) in [6, 6.07) is 21.2. The zero-order valence-corrected chi connectivity index (χ0v) is 20.5. The van der Waals surface area contributed by atoms with Crippen molar-refractivity contribution in [2.24, 2.45) is 0 Å². The van der Waals surface area contributed by atoms with E-state index >= 15 is 0 Å². The molecular formula is C27H27ClN2O2S. The molecule has 0 bridgehead atoms. The lowest BCUT2D eigenvalue weighted by molar-refractivity contribution is -0.128. The van der Waals surface area contributed by atoms with Crippen LogP contribution in [0, 0.1) is 6.92 Å². The number of rotatable bonds is 6. The monoisotopic (exact) mass is 478 g/mol. The average molecular weight is 479 g/mol. The topological polar surface area (TPSA) is 49.4 Å². The van der Waals surface area contributed by atoms with Gasteiger partial charge < -0.3 is 10.2 Å². The van der Waals surface area contributed by atoms with Gasteiger partial charge in [0.25, 0.3) is 5.91 Å². The number of amides is 2. The molecule has 2 amide bonds. The quantitative estimate of drug-likeness (QED) is 0.424. The van der Waals surface area contributed by atoms with Crippen molar-refractivity contribution in [1.29, 1.82) is 0 Å². The van der Waals surface area contributed by atoms with Crippen LogP contribution in [0.4, 0.5) is 5.69 Å². The third kappa shape index (κ3) is 5.26. The summed E-state index contributed by atoms with van der Waals surface area (Å²) in [6.07, 6.45) is 0. The molecule has 0 unspecified atom stereocenters. The molecule has 3 aromatic carbocycles. The number of nitrogens with one attached hydrogen (secondary N) is 1. The molecule has 0 saturated carbocycles. The largest absolute Gasteiger partial charge is 0.322 e. The van der Waals surface area contributed by atoms with E-state index in [9.17, 15) is 9.59 Å². The van der Waals surface area contributed by atoms with Crippen molar-refractivity contribution >= 4 is 40.9 Å². The number of hydrogen-bond donors (Lipinski definition) is 1. The van der Waals surface area contributed by atoms with E-state index in [1.54, 1.807) is 11.8 Å². The van der Waals surface area contributed by atoms with Crippen LogP contribution in [0.15, 0.2) is 66.7 Å². The van der Waals surface area contributed by atoms with Gasteiger partial charge in [0.1, 0.15) is 5.37 Å². The van der Waals surface area contributed by atoms with Gasteiger partial charge >= 0.3 is 0 Å². The molecule has 1 aliphatic heterocycles. The second-order valence-corrected chi connectivity index (χ2v) is 10.1. The molecule has 1 aliphatic rings. The van der Waals surface area contributed by atoms with Crippen LogP contribution in [0.1, 0.15) is 57.8 Å². The van der Waals surface area contributed by atoms with E-state index in [1.165, 1.54) is 0 Å². The highest BCUT2D eigenvalue weighted by atomic mass is 35.5. The Morgan fingerprint density at radius 1 is 1.09 bits per heavy atom. The Kier molecular flexibility index (Phi) is 7.11. The minimum atomic E-state index is -0.133. The van der Waals surface area contributed by atoms with Crippen molar-refractivity contribution in [3.63, 3.8) is 0 Å². The summed E-state index contributed by atoms with van der Waals surface area (Å²) >= 11 is 7.60. The van der Waals surface area contributed by atoms with Crippen LogP contribution in [0.25, 0.3) is 0 Å². The molecule has 0 aliphatic carbocycles. The molecule has 1 atom stereocenters. The van der Waals surface area contributed by atoms with Crippen molar-refractivity contribution in [3.05, 3.63) is 99.6 Å². The molecule has 4 nitrogen and oxygen atoms in total. The number of nitrogens with zero attached hydrogens (tertiary/aromatic N) is 1.